The molecule has 0 unspecified atom stereocenters. The number of ether oxygens (including phenoxy) is 1. The highest BCUT2D eigenvalue weighted by atomic mass is 16.5. The van der Waals surface area contributed by atoms with Gasteiger partial charge in [-0.3, -0.25) is 0 Å². The van der Waals surface area contributed by atoms with Crippen molar-refractivity contribution in [1.29, 1.82) is 0 Å². The summed E-state index contributed by atoms with van der Waals surface area (Å²) in [5, 5.41) is 6.54. The van der Waals surface area contributed by atoms with Crippen LogP contribution >= 0.6 is 0 Å². The molecular formula is C21H23N5O. The van der Waals surface area contributed by atoms with Crippen LogP contribution in [0.3, 0.4) is 0 Å². The van der Waals surface area contributed by atoms with Crippen LogP contribution < -0.4 is 20.3 Å². The summed E-state index contributed by atoms with van der Waals surface area (Å²) in [5.41, 5.74) is 3.15. The molecule has 27 heavy (non-hydrogen) atoms. The van der Waals surface area contributed by atoms with Crippen molar-refractivity contribution in [2.75, 3.05) is 35.7 Å². The maximum Gasteiger partial charge on any atom is 0.229 e. The Morgan fingerprint density at radius 2 is 1.74 bits per heavy atom. The van der Waals surface area contributed by atoms with Gasteiger partial charge in [0.1, 0.15) is 11.6 Å². The first-order valence-corrected chi connectivity index (χ1v) is 9.16. The van der Waals surface area contributed by atoms with Gasteiger partial charge in [0, 0.05) is 42.4 Å². The molecule has 1 aromatic heterocycles. The second kappa shape index (κ2) is 7.95. The quantitative estimate of drug-likeness (QED) is 0.670. The summed E-state index contributed by atoms with van der Waals surface area (Å²) in [6, 6.07) is 18.0. The summed E-state index contributed by atoms with van der Waals surface area (Å²) in [7, 11) is 1.65. The van der Waals surface area contributed by atoms with Gasteiger partial charge in [-0.1, -0.05) is 6.07 Å². The molecule has 1 saturated heterocycles. The van der Waals surface area contributed by atoms with E-state index in [4.69, 9.17) is 4.74 Å². The zero-order chi connectivity index (χ0) is 18.5. The molecule has 0 radical (unpaired) electrons. The van der Waals surface area contributed by atoms with Gasteiger partial charge in [0.05, 0.1) is 7.11 Å². The summed E-state index contributed by atoms with van der Waals surface area (Å²) in [5.74, 6) is 2.07. The molecule has 3 aromatic rings. The van der Waals surface area contributed by atoms with Crippen molar-refractivity contribution in [3.63, 3.8) is 0 Å². The lowest BCUT2D eigenvalue weighted by molar-refractivity contribution is 0.415. The van der Waals surface area contributed by atoms with E-state index in [0.29, 0.717) is 5.95 Å². The second-order valence-electron chi connectivity index (χ2n) is 6.49. The highest BCUT2D eigenvalue weighted by molar-refractivity contribution is 5.62. The number of benzene rings is 2. The Kier molecular flexibility index (Phi) is 5.05. The van der Waals surface area contributed by atoms with E-state index >= 15 is 0 Å². The van der Waals surface area contributed by atoms with Gasteiger partial charge in [-0.15, -0.1) is 0 Å². The molecular weight excluding hydrogens is 338 g/mol. The number of aromatic nitrogens is 2. The third-order valence-electron chi connectivity index (χ3n) is 4.59. The standard InChI is InChI=1S/C21H23N5O/c1-27-19-6-4-5-17(15-19)23-20-11-12-22-21(25-20)24-16-7-9-18(10-8-16)26-13-2-3-14-26/h4-12,15H,2-3,13-14H2,1H3,(H2,22,23,24,25). The van der Waals surface area contributed by atoms with Crippen molar-refractivity contribution in [2.45, 2.75) is 12.8 Å². The van der Waals surface area contributed by atoms with Gasteiger partial charge < -0.3 is 20.3 Å². The Hall–Kier alpha value is -3.28. The maximum absolute atomic E-state index is 5.25. The maximum atomic E-state index is 5.25. The fraction of sp³-hybridized carbons (Fsp3) is 0.238. The minimum atomic E-state index is 0.553. The second-order valence-corrected chi connectivity index (χ2v) is 6.49. The van der Waals surface area contributed by atoms with Gasteiger partial charge >= 0.3 is 0 Å². The van der Waals surface area contributed by atoms with Crippen LogP contribution in [-0.4, -0.2) is 30.2 Å². The van der Waals surface area contributed by atoms with E-state index in [1.807, 2.05) is 30.3 Å². The lowest BCUT2D eigenvalue weighted by atomic mass is 10.2. The number of nitrogens with zero attached hydrogens (tertiary/aromatic N) is 3. The van der Waals surface area contributed by atoms with Crippen LogP contribution in [0.25, 0.3) is 0 Å². The molecule has 2 aromatic carbocycles. The third kappa shape index (κ3) is 4.28. The van der Waals surface area contributed by atoms with Crippen LogP contribution in [-0.2, 0) is 0 Å². The normalized spacial score (nSPS) is 13.4. The number of nitrogens with one attached hydrogen (secondary N) is 2. The topological polar surface area (TPSA) is 62.3 Å². The molecule has 138 valence electrons. The molecule has 0 spiro atoms. The molecule has 1 fully saturated rings. The predicted octanol–water partition coefficient (Wildman–Crippen LogP) is 4.57. The van der Waals surface area contributed by atoms with E-state index in [1.54, 1.807) is 13.3 Å². The van der Waals surface area contributed by atoms with Gasteiger partial charge in [0.2, 0.25) is 5.95 Å². The summed E-state index contributed by atoms with van der Waals surface area (Å²) >= 11 is 0. The molecule has 2 heterocycles. The SMILES string of the molecule is COc1cccc(Nc2ccnc(Nc3ccc(N4CCCC4)cc3)n2)c1. The van der Waals surface area contributed by atoms with Gasteiger partial charge in [-0.05, 0) is 55.3 Å². The van der Waals surface area contributed by atoms with Crippen LogP contribution in [0.1, 0.15) is 12.8 Å². The van der Waals surface area contributed by atoms with Gasteiger partial charge in [-0.25, -0.2) is 4.98 Å². The van der Waals surface area contributed by atoms with Crippen molar-refractivity contribution in [1.82, 2.24) is 9.97 Å². The molecule has 6 heteroatoms. The molecule has 4 rings (SSSR count). The van der Waals surface area contributed by atoms with Crippen LogP contribution in [0.5, 0.6) is 5.75 Å². The fourth-order valence-electron chi connectivity index (χ4n) is 3.20. The Labute approximate surface area is 159 Å². The first-order valence-electron chi connectivity index (χ1n) is 9.16. The minimum Gasteiger partial charge on any atom is -0.497 e. The summed E-state index contributed by atoms with van der Waals surface area (Å²) in [6.07, 6.45) is 4.29. The van der Waals surface area contributed by atoms with Gasteiger partial charge in [0.15, 0.2) is 0 Å². The average Bonchev–Trinajstić information content (AvgIpc) is 3.24. The molecule has 1 aliphatic rings. The van der Waals surface area contributed by atoms with Crippen molar-refractivity contribution in [3.8, 4) is 5.75 Å². The highest BCUT2D eigenvalue weighted by Crippen LogP contribution is 2.24. The number of hydrogen-bond donors (Lipinski definition) is 2. The highest BCUT2D eigenvalue weighted by Gasteiger charge is 2.11. The van der Waals surface area contributed by atoms with Crippen molar-refractivity contribution in [3.05, 3.63) is 60.8 Å². The number of rotatable bonds is 6. The zero-order valence-corrected chi connectivity index (χ0v) is 15.4. The summed E-state index contributed by atoms with van der Waals surface area (Å²) in [4.78, 5) is 11.3. The average molecular weight is 361 g/mol. The largest absolute Gasteiger partial charge is 0.497 e. The molecule has 0 atom stereocenters. The van der Waals surface area contributed by atoms with Crippen LogP contribution in [0.2, 0.25) is 0 Å². The Balaban J connectivity index is 1.44. The molecule has 0 amide bonds. The third-order valence-corrected chi connectivity index (χ3v) is 4.59. The minimum absolute atomic E-state index is 0.553. The van der Waals surface area contributed by atoms with Crippen LogP contribution in [0.4, 0.5) is 28.8 Å². The van der Waals surface area contributed by atoms with Gasteiger partial charge in [0.25, 0.3) is 0 Å². The van der Waals surface area contributed by atoms with Crippen LogP contribution in [0, 0.1) is 0 Å². The fourth-order valence-corrected chi connectivity index (χ4v) is 3.20. The van der Waals surface area contributed by atoms with E-state index in [0.717, 1.165) is 36.0 Å². The smallest absolute Gasteiger partial charge is 0.229 e. The van der Waals surface area contributed by atoms with E-state index < -0.39 is 0 Å². The number of hydrogen-bond acceptors (Lipinski definition) is 6. The summed E-state index contributed by atoms with van der Waals surface area (Å²) < 4.78 is 5.25. The van der Waals surface area contributed by atoms with Crippen molar-refractivity contribution in [2.24, 2.45) is 0 Å². The van der Waals surface area contributed by atoms with Crippen molar-refractivity contribution >= 4 is 28.8 Å². The predicted molar refractivity (Wildman–Crippen MR) is 109 cm³/mol. The lowest BCUT2D eigenvalue weighted by Crippen LogP contribution is -2.17. The lowest BCUT2D eigenvalue weighted by Gasteiger charge is -2.17. The number of methoxy groups -OCH3 is 1. The van der Waals surface area contributed by atoms with E-state index in [-0.39, 0.29) is 0 Å². The Morgan fingerprint density at radius 1 is 0.926 bits per heavy atom. The molecule has 0 aliphatic carbocycles. The molecule has 1 aliphatic heterocycles. The Bertz CT molecular complexity index is 891. The van der Waals surface area contributed by atoms with Crippen molar-refractivity contribution < 1.29 is 4.74 Å². The first-order chi connectivity index (χ1) is 13.3. The zero-order valence-electron chi connectivity index (χ0n) is 15.4. The molecule has 0 bridgehead atoms. The van der Waals surface area contributed by atoms with E-state index in [2.05, 4.69) is 49.8 Å². The molecule has 2 N–H and O–H groups in total. The Morgan fingerprint density at radius 3 is 2.52 bits per heavy atom. The van der Waals surface area contributed by atoms with E-state index in [1.165, 1.54) is 18.5 Å². The van der Waals surface area contributed by atoms with Gasteiger partial charge in [-0.2, -0.15) is 4.98 Å². The molecule has 6 nitrogen and oxygen atoms in total. The number of anilines is 5. The summed E-state index contributed by atoms with van der Waals surface area (Å²) in [6.45, 7) is 2.29. The first kappa shape index (κ1) is 17.1. The van der Waals surface area contributed by atoms with E-state index in [9.17, 15) is 0 Å². The monoisotopic (exact) mass is 361 g/mol. The van der Waals surface area contributed by atoms with Crippen LogP contribution in [0.15, 0.2) is 60.8 Å². The molecule has 0 saturated carbocycles.